The highest BCUT2D eigenvalue weighted by Crippen LogP contribution is 2.19. The van der Waals surface area contributed by atoms with E-state index in [1.165, 1.54) is 4.68 Å². The van der Waals surface area contributed by atoms with Gasteiger partial charge in [-0.1, -0.05) is 0 Å². The quantitative estimate of drug-likeness (QED) is 0.923. The van der Waals surface area contributed by atoms with E-state index in [2.05, 4.69) is 26.0 Å². The number of halogens is 1. The highest BCUT2D eigenvalue weighted by molar-refractivity contribution is 9.10. The van der Waals surface area contributed by atoms with Crippen LogP contribution in [0.3, 0.4) is 0 Å². The zero-order chi connectivity index (χ0) is 12.6. The summed E-state index contributed by atoms with van der Waals surface area (Å²) in [5, 5.41) is 13.3. The number of carboxylic acid groups (broad SMARTS) is 1. The Bertz CT molecular complexity index is 592. The summed E-state index contributed by atoms with van der Waals surface area (Å²) in [4.78, 5) is 15.5. The maximum atomic E-state index is 11.2. The summed E-state index contributed by atoms with van der Waals surface area (Å²) in [6.07, 6.45) is 3.26. The summed E-state index contributed by atoms with van der Waals surface area (Å²) in [5.41, 5.74) is 1.60. The molecule has 0 fully saturated rings. The van der Waals surface area contributed by atoms with Gasteiger partial charge in [0.2, 0.25) is 0 Å². The van der Waals surface area contributed by atoms with E-state index < -0.39 is 5.97 Å². The first-order chi connectivity index (χ1) is 7.99. The van der Waals surface area contributed by atoms with Crippen LogP contribution in [0.25, 0.3) is 5.82 Å². The molecule has 0 bridgehead atoms. The van der Waals surface area contributed by atoms with E-state index in [4.69, 9.17) is 0 Å². The molecule has 0 radical (unpaired) electrons. The van der Waals surface area contributed by atoms with Crippen LogP contribution < -0.4 is 0 Å². The molecule has 0 aliphatic carbocycles. The molecule has 5 nitrogen and oxygen atoms in total. The van der Waals surface area contributed by atoms with Gasteiger partial charge < -0.3 is 5.11 Å². The summed E-state index contributed by atoms with van der Waals surface area (Å²) in [6.45, 7) is 3.57. The molecule has 0 saturated carbocycles. The second-order valence-corrected chi connectivity index (χ2v) is 4.60. The van der Waals surface area contributed by atoms with Crippen molar-refractivity contribution in [2.75, 3.05) is 0 Å². The molecule has 0 saturated heterocycles. The maximum Gasteiger partial charge on any atom is 0.339 e. The smallest absolute Gasteiger partial charge is 0.339 e. The van der Waals surface area contributed by atoms with Crippen LogP contribution in [0.2, 0.25) is 0 Å². The zero-order valence-corrected chi connectivity index (χ0v) is 10.9. The van der Waals surface area contributed by atoms with E-state index in [0.29, 0.717) is 11.4 Å². The normalized spacial score (nSPS) is 10.5. The van der Waals surface area contributed by atoms with Gasteiger partial charge in [-0.2, -0.15) is 5.10 Å². The largest absolute Gasteiger partial charge is 0.478 e. The van der Waals surface area contributed by atoms with Crippen LogP contribution in [0.5, 0.6) is 0 Å². The number of carbonyl (C=O) groups is 1. The van der Waals surface area contributed by atoms with Crippen molar-refractivity contribution in [3.05, 3.63) is 39.8 Å². The minimum absolute atomic E-state index is 0.172. The van der Waals surface area contributed by atoms with Gasteiger partial charge in [0.25, 0.3) is 0 Å². The average Bonchev–Trinajstić information content (AvgIpc) is 2.62. The second kappa shape index (κ2) is 4.29. The third-order valence-electron chi connectivity index (χ3n) is 2.31. The van der Waals surface area contributed by atoms with Crippen LogP contribution in [-0.4, -0.2) is 25.8 Å². The number of carboxylic acids is 1. The standard InChI is InChI=1S/C11H10BrN3O2/c1-6-3-7(2)14-10(9(6)11(16)17)15-5-8(12)4-13-15/h3-5H,1-2H3,(H,16,17). The Morgan fingerprint density at radius 1 is 1.47 bits per heavy atom. The summed E-state index contributed by atoms with van der Waals surface area (Å²) in [5.74, 6) is -0.669. The first kappa shape index (κ1) is 11.8. The first-order valence-corrected chi connectivity index (χ1v) is 5.70. The van der Waals surface area contributed by atoms with Crippen LogP contribution in [0.1, 0.15) is 21.6 Å². The van der Waals surface area contributed by atoms with Gasteiger partial charge >= 0.3 is 5.97 Å². The van der Waals surface area contributed by atoms with Crippen LogP contribution in [-0.2, 0) is 0 Å². The van der Waals surface area contributed by atoms with E-state index in [0.717, 1.165) is 10.2 Å². The van der Waals surface area contributed by atoms with Crippen LogP contribution in [0, 0.1) is 13.8 Å². The summed E-state index contributed by atoms with van der Waals surface area (Å²) in [7, 11) is 0. The molecule has 88 valence electrons. The van der Waals surface area contributed by atoms with Gasteiger partial charge in [-0.15, -0.1) is 0 Å². The molecule has 2 aromatic heterocycles. The fourth-order valence-corrected chi connectivity index (χ4v) is 1.95. The number of hydrogen-bond donors (Lipinski definition) is 1. The number of aromatic nitrogens is 3. The predicted molar refractivity (Wildman–Crippen MR) is 65.5 cm³/mol. The van der Waals surface area contributed by atoms with Crippen molar-refractivity contribution in [2.45, 2.75) is 13.8 Å². The van der Waals surface area contributed by atoms with Gasteiger partial charge in [-0.25, -0.2) is 14.5 Å². The Kier molecular flexibility index (Phi) is 2.97. The third-order valence-corrected chi connectivity index (χ3v) is 2.72. The summed E-state index contributed by atoms with van der Waals surface area (Å²) >= 11 is 3.27. The zero-order valence-electron chi connectivity index (χ0n) is 9.31. The Morgan fingerprint density at radius 2 is 2.18 bits per heavy atom. The molecule has 0 atom stereocenters. The molecule has 0 aliphatic heterocycles. The minimum Gasteiger partial charge on any atom is -0.478 e. The Labute approximate surface area is 106 Å². The Balaban J connectivity index is 2.71. The number of aromatic carboxylic acids is 1. The van der Waals surface area contributed by atoms with Crippen molar-refractivity contribution in [1.29, 1.82) is 0 Å². The molecule has 2 heterocycles. The molecule has 0 amide bonds. The molecular weight excluding hydrogens is 286 g/mol. The van der Waals surface area contributed by atoms with Crippen molar-refractivity contribution in [3.63, 3.8) is 0 Å². The second-order valence-electron chi connectivity index (χ2n) is 3.69. The van der Waals surface area contributed by atoms with Crippen molar-refractivity contribution < 1.29 is 9.90 Å². The monoisotopic (exact) mass is 295 g/mol. The number of rotatable bonds is 2. The van der Waals surface area contributed by atoms with Gasteiger partial charge in [0.05, 0.1) is 10.7 Å². The van der Waals surface area contributed by atoms with E-state index >= 15 is 0 Å². The van der Waals surface area contributed by atoms with Crippen molar-refractivity contribution in [1.82, 2.24) is 14.8 Å². The van der Waals surface area contributed by atoms with Gasteiger partial charge in [-0.3, -0.25) is 0 Å². The number of pyridine rings is 1. The van der Waals surface area contributed by atoms with Gasteiger partial charge in [0.15, 0.2) is 5.82 Å². The topological polar surface area (TPSA) is 68.0 Å². The third kappa shape index (κ3) is 2.21. The molecule has 17 heavy (non-hydrogen) atoms. The molecule has 0 spiro atoms. The molecule has 0 unspecified atom stereocenters. The molecule has 1 N–H and O–H groups in total. The van der Waals surface area contributed by atoms with Crippen LogP contribution in [0.4, 0.5) is 0 Å². The van der Waals surface area contributed by atoms with Crippen LogP contribution in [0.15, 0.2) is 22.9 Å². The first-order valence-electron chi connectivity index (χ1n) is 4.91. The lowest BCUT2D eigenvalue weighted by atomic mass is 10.1. The molecule has 0 aromatic carbocycles. The van der Waals surface area contributed by atoms with E-state index in [1.807, 2.05) is 6.92 Å². The molecule has 6 heteroatoms. The fourth-order valence-electron chi connectivity index (χ4n) is 1.66. The van der Waals surface area contributed by atoms with Gasteiger partial charge in [-0.05, 0) is 41.4 Å². The van der Waals surface area contributed by atoms with Crippen molar-refractivity contribution in [2.24, 2.45) is 0 Å². The van der Waals surface area contributed by atoms with E-state index in [1.54, 1.807) is 25.4 Å². The average molecular weight is 296 g/mol. The van der Waals surface area contributed by atoms with Crippen molar-refractivity contribution in [3.8, 4) is 5.82 Å². The van der Waals surface area contributed by atoms with Gasteiger partial charge in [0, 0.05) is 11.9 Å². The molecular formula is C11H10BrN3O2. The van der Waals surface area contributed by atoms with E-state index in [-0.39, 0.29) is 5.56 Å². The Hall–Kier alpha value is -1.69. The Morgan fingerprint density at radius 3 is 2.71 bits per heavy atom. The lowest BCUT2D eigenvalue weighted by Crippen LogP contribution is -2.11. The van der Waals surface area contributed by atoms with Crippen LogP contribution >= 0.6 is 15.9 Å². The molecule has 2 rings (SSSR count). The number of nitrogens with zero attached hydrogens (tertiary/aromatic N) is 3. The minimum atomic E-state index is -1.00. The predicted octanol–water partition coefficient (Wildman–Crippen LogP) is 2.34. The lowest BCUT2D eigenvalue weighted by molar-refractivity contribution is 0.0695. The summed E-state index contributed by atoms with van der Waals surface area (Å²) < 4.78 is 2.22. The SMILES string of the molecule is Cc1cc(C)c(C(=O)O)c(-n2cc(Br)cn2)n1. The van der Waals surface area contributed by atoms with Gasteiger partial charge in [0.1, 0.15) is 5.56 Å². The number of aryl methyl sites for hydroxylation is 2. The van der Waals surface area contributed by atoms with Crippen molar-refractivity contribution >= 4 is 21.9 Å². The fraction of sp³-hybridized carbons (Fsp3) is 0.182. The lowest BCUT2D eigenvalue weighted by Gasteiger charge is -2.09. The number of hydrogen-bond acceptors (Lipinski definition) is 3. The molecule has 2 aromatic rings. The summed E-state index contributed by atoms with van der Waals surface area (Å²) in [6, 6.07) is 1.74. The highest BCUT2D eigenvalue weighted by Gasteiger charge is 2.17. The molecule has 0 aliphatic rings. The maximum absolute atomic E-state index is 11.2. The van der Waals surface area contributed by atoms with E-state index in [9.17, 15) is 9.90 Å². The highest BCUT2D eigenvalue weighted by atomic mass is 79.9.